The zero-order valence-electron chi connectivity index (χ0n) is 8.96. The van der Waals surface area contributed by atoms with Crippen LogP contribution in [-0.2, 0) is 6.42 Å². The highest BCUT2D eigenvalue weighted by molar-refractivity contribution is 6.31. The van der Waals surface area contributed by atoms with Crippen molar-refractivity contribution in [3.8, 4) is 0 Å². The van der Waals surface area contributed by atoms with Crippen LogP contribution in [0.25, 0.3) is 11.0 Å². The molecule has 0 saturated carbocycles. The first-order valence-corrected chi connectivity index (χ1v) is 5.63. The molecule has 0 aliphatic carbocycles. The second kappa shape index (κ2) is 5.14. The van der Waals surface area contributed by atoms with Gasteiger partial charge in [-0.1, -0.05) is 17.7 Å². The van der Waals surface area contributed by atoms with Gasteiger partial charge in [0, 0.05) is 24.5 Å². The van der Waals surface area contributed by atoms with Crippen LogP contribution in [0, 0.1) is 0 Å². The topological polar surface area (TPSA) is 40.7 Å². The van der Waals surface area contributed by atoms with E-state index in [0.717, 1.165) is 41.4 Å². The maximum atomic E-state index is 5.90. The van der Waals surface area contributed by atoms with Crippen molar-refractivity contribution in [3.63, 3.8) is 0 Å². The van der Waals surface area contributed by atoms with Crippen LogP contribution < -0.4 is 5.32 Å². The average Bonchev–Trinajstić information content (AvgIpc) is 2.66. The van der Waals surface area contributed by atoms with E-state index in [1.165, 1.54) is 0 Å². The number of fused-ring (bicyclic) bond motifs is 1. The molecular formula is C12H14ClN3. The Morgan fingerprint density at radius 3 is 3.19 bits per heavy atom. The number of H-pyrrole nitrogens is 1. The summed E-state index contributed by atoms with van der Waals surface area (Å²) in [6.07, 6.45) is 2.72. The van der Waals surface area contributed by atoms with Crippen LogP contribution in [-0.4, -0.2) is 23.1 Å². The SMILES string of the molecule is C=CCNCCc1nc2ccc(Cl)cc2[nH]1. The number of hydrogen-bond donors (Lipinski definition) is 2. The zero-order valence-corrected chi connectivity index (χ0v) is 9.72. The molecule has 0 aliphatic rings. The molecule has 1 aromatic heterocycles. The van der Waals surface area contributed by atoms with Crippen molar-refractivity contribution in [1.29, 1.82) is 0 Å². The van der Waals surface area contributed by atoms with Gasteiger partial charge in [0.15, 0.2) is 0 Å². The molecule has 0 bridgehead atoms. The number of nitrogens with zero attached hydrogens (tertiary/aromatic N) is 1. The summed E-state index contributed by atoms with van der Waals surface area (Å²) in [6.45, 7) is 5.36. The minimum atomic E-state index is 0.729. The van der Waals surface area contributed by atoms with E-state index in [2.05, 4.69) is 21.9 Å². The molecule has 0 radical (unpaired) electrons. The van der Waals surface area contributed by atoms with Crippen molar-refractivity contribution in [2.24, 2.45) is 0 Å². The van der Waals surface area contributed by atoms with E-state index in [1.807, 2.05) is 24.3 Å². The standard InChI is InChI=1S/C12H14ClN3/c1-2-6-14-7-5-12-15-10-4-3-9(13)8-11(10)16-12/h2-4,8,14H,1,5-7H2,(H,15,16). The van der Waals surface area contributed by atoms with Crippen molar-refractivity contribution in [2.75, 3.05) is 13.1 Å². The van der Waals surface area contributed by atoms with E-state index in [-0.39, 0.29) is 0 Å². The molecular weight excluding hydrogens is 222 g/mol. The number of halogens is 1. The molecule has 1 heterocycles. The van der Waals surface area contributed by atoms with Crippen molar-refractivity contribution in [2.45, 2.75) is 6.42 Å². The Morgan fingerprint density at radius 2 is 2.38 bits per heavy atom. The number of hydrogen-bond acceptors (Lipinski definition) is 2. The van der Waals surface area contributed by atoms with Crippen LogP contribution in [0.2, 0.25) is 5.02 Å². The third kappa shape index (κ3) is 2.62. The summed E-state index contributed by atoms with van der Waals surface area (Å²) < 4.78 is 0. The minimum Gasteiger partial charge on any atom is -0.342 e. The van der Waals surface area contributed by atoms with Gasteiger partial charge in [-0.2, -0.15) is 0 Å². The number of aromatic amines is 1. The number of aromatic nitrogens is 2. The lowest BCUT2D eigenvalue weighted by Gasteiger charge is -1.97. The Balaban J connectivity index is 2.05. The predicted octanol–water partition coefficient (Wildman–Crippen LogP) is 2.53. The van der Waals surface area contributed by atoms with Gasteiger partial charge in [-0.25, -0.2) is 4.98 Å². The molecule has 3 nitrogen and oxygen atoms in total. The molecule has 0 unspecified atom stereocenters. The maximum Gasteiger partial charge on any atom is 0.108 e. The van der Waals surface area contributed by atoms with Gasteiger partial charge in [-0.05, 0) is 18.2 Å². The third-order valence-electron chi connectivity index (χ3n) is 2.32. The third-order valence-corrected chi connectivity index (χ3v) is 2.56. The summed E-state index contributed by atoms with van der Waals surface area (Å²) in [6, 6.07) is 5.67. The molecule has 2 rings (SSSR count). The lowest BCUT2D eigenvalue weighted by atomic mass is 10.3. The zero-order chi connectivity index (χ0) is 11.4. The Labute approximate surface area is 99.5 Å². The first-order valence-electron chi connectivity index (χ1n) is 5.25. The summed E-state index contributed by atoms with van der Waals surface area (Å²) >= 11 is 5.90. The summed E-state index contributed by atoms with van der Waals surface area (Å²) in [4.78, 5) is 7.72. The first kappa shape index (κ1) is 11.2. The Bertz CT molecular complexity index is 490. The van der Waals surface area contributed by atoms with Gasteiger partial charge in [0.25, 0.3) is 0 Å². The van der Waals surface area contributed by atoms with Crippen LogP contribution in [0.4, 0.5) is 0 Å². The second-order valence-corrected chi connectivity index (χ2v) is 4.02. The van der Waals surface area contributed by atoms with Gasteiger partial charge in [0.05, 0.1) is 11.0 Å². The number of benzene rings is 1. The maximum absolute atomic E-state index is 5.90. The molecule has 16 heavy (non-hydrogen) atoms. The fourth-order valence-corrected chi connectivity index (χ4v) is 1.74. The number of rotatable bonds is 5. The highest BCUT2D eigenvalue weighted by Gasteiger charge is 2.02. The molecule has 0 aliphatic heterocycles. The molecule has 0 saturated heterocycles. The van der Waals surface area contributed by atoms with E-state index in [9.17, 15) is 0 Å². The predicted molar refractivity (Wildman–Crippen MR) is 67.9 cm³/mol. The van der Waals surface area contributed by atoms with Crippen LogP contribution in [0.1, 0.15) is 5.82 Å². The van der Waals surface area contributed by atoms with E-state index in [4.69, 9.17) is 11.6 Å². The quantitative estimate of drug-likeness (QED) is 0.618. The van der Waals surface area contributed by atoms with Crippen molar-refractivity contribution in [3.05, 3.63) is 41.7 Å². The minimum absolute atomic E-state index is 0.729. The molecule has 2 N–H and O–H groups in total. The lowest BCUT2D eigenvalue weighted by Crippen LogP contribution is -2.17. The van der Waals surface area contributed by atoms with Crippen LogP contribution in [0.3, 0.4) is 0 Å². The monoisotopic (exact) mass is 235 g/mol. The van der Waals surface area contributed by atoms with Gasteiger partial charge in [0.1, 0.15) is 5.82 Å². The van der Waals surface area contributed by atoms with Gasteiger partial charge in [0.2, 0.25) is 0 Å². The molecule has 1 aromatic carbocycles. The van der Waals surface area contributed by atoms with Gasteiger partial charge >= 0.3 is 0 Å². The Morgan fingerprint density at radius 1 is 1.50 bits per heavy atom. The normalized spacial score (nSPS) is 10.8. The highest BCUT2D eigenvalue weighted by Crippen LogP contribution is 2.17. The van der Waals surface area contributed by atoms with Crippen molar-refractivity contribution in [1.82, 2.24) is 15.3 Å². The Kier molecular flexibility index (Phi) is 3.59. The molecule has 0 spiro atoms. The van der Waals surface area contributed by atoms with Gasteiger partial charge in [-0.3, -0.25) is 0 Å². The molecule has 84 valence electrons. The van der Waals surface area contributed by atoms with E-state index >= 15 is 0 Å². The van der Waals surface area contributed by atoms with Crippen molar-refractivity contribution >= 4 is 22.6 Å². The molecule has 2 aromatic rings. The van der Waals surface area contributed by atoms with Crippen LogP contribution >= 0.6 is 11.6 Å². The van der Waals surface area contributed by atoms with Crippen molar-refractivity contribution < 1.29 is 0 Å². The summed E-state index contributed by atoms with van der Waals surface area (Å²) in [5, 5.41) is 3.96. The fourth-order valence-electron chi connectivity index (χ4n) is 1.56. The largest absolute Gasteiger partial charge is 0.342 e. The highest BCUT2D eigenvalue weighted by atomic mass is 35.5. The summed E-state index contributed by atoms with van der Waals surface area (Å²) in [5.41, 5.74) is 1.95. The molecule has 0 atom stereocenters. The Hall–Kier alpha value is -1.32. The molecule has 0 amide bonds. The number of nitrogens with one attached hydrogen (secondary N) is 2. The van der Waals surface area contributed by atoms with E-state index in [1.54, 1.807) is 0 Å². The lowest BCUT2D eigenvalue weighted by molar-refractivity contribution is 0.727. The average molecular weight is 236 g/mol. The van der Waals surface area contributed by atoms with Crippen LogP contribution in [0.15, 0.2) is 30.9 Å². The second-order valence-electron chi connectivity index (χ2n) is 3.59. The van der Waals surface area contributed by atoms with E-state index < -0.39 is 0 Å². The first-order chi connectivity index (χ1) is 7.79. The summed E-state index contributed by atoms with van der Waals surface area (Å²) in [5.74, 6) is 0.980. The number of imidazole rings is 1. The smallest absolute Gasteiger partial charge is 0.108 e. The van der Waals surface area contributed by atoms with E-state index in [0.29, 0.717) is 0 Å². The fraction of sp³-hybridized carbons (Fsp3) is 0.250. The summed E-state index contributed by atoms with van der Waals surface area (Å²) in [7, 11) is 0. The molecule has 4 heteroatoms. The molecule has 0 fully saturated rings. The van der Waals surface area contributed by atoms with Crippen LogP contribution in [0.5, 0.6) is 0 Å². The van der Waals surface area contributed by atoms with Gasteiger partial charge in [-0.15, -0.1) is 6.58 Å². The van der Waals surface area contributed by atoms with Gasteiger partial charge < -0.3 is 10.3 Å².